The van der Waals surface area contributed by atoms with Gasteiger partial charge in [-0.05, 0) is 30.9 Å². The van der Waals surface area contributed by atoms with Crippen LogP contribution in [0.2, 0.25) is 0 Å². The molecule has 0 saturated carbocycles. The van der Waals surface area contributed by atoms with E-state index in [0.29, 0.717) is 18.8 Å². The number of piperidine rings is 1. The molecule has 20 heavy (non-hydrogen) atoms. The Morgan fingerprint density at radius 1 is 1.35 bits per heavy atom. The maximum atomic E-state index is 12.6. The predicted octanol–water partition coefficient (Wildman–Crippen LogP) is 1.72. The molecule has 2 rings (SSSR count). The van der Waals surface area contributed by atoms with Crippen LogP contribution in [0.3, 0.4) is 0 Å². The van der Waals surface area contributed by atoms with E-state index < -0.39 is 10.2 Å². The molecule has 1 heterocycles. The van der Waals surface area contributed by atoms with Crippen LogP contribution in [0.5, 0.6) is 0 Å². The van der Waals surface area contributed by atoms with Crippen LogP contribution in [0.15, 0.2) is 24.3 Å². The molecule has 0 spiro atoms. The Balaban J connectivity index is 2.22. The molecule has 1 aromatic carbocycles. The van der Waals surface area contributed by atoms with Crippen LogP contribution < -0.4 is 10.5 Å². The van der Waals surface area contributed by atoms with Gasteiger partial charge in [0.1, 0.15) is 0 Å². The van der Waals surface area contributed by atoms with Gasteiger partial charge in [-0.1, -0.05) is 31.5 Å². The second-order valence-corrected chi connectivity index (χ2v) is 6.74. The molecule has 5 nitrogen and oxygen atoms in total. The summed E-state index contributed by atoms with van der Waals surface area (Å²) >= 11 is 0. The topological polar surface area (TPSA) is 75.4 Å². The first-order valence-electron chi connectivity index (χ1n) is 7.16. The molecule has 1 atom stereocenters. The van der Waals surface area contributed by atoms with Crippen molar-refractivity contribution in [3.63, 3.8) is 0 Å². The summed E-state index contributed by atoms with van der Waals surface area (Å²) in [7, 11) is -3.53. The third-order valence-corrected chi connectivity index (χ3v) is 5.37. The van der Waals surface area contributed by atoms with Crippen LogP contribution in [-0.2, 0) is 16.6 Å². The zero-order valence-electron chi connectivity index (χ0n) is 11.9. The van der Waals surface area contributed by atoms with Gasteiger partial charge in [-0.25, -0.2) is 0 Å². The number of benzene rings is 1. The minimum Gasteiger partial charge on any atom is -0.329 e. The molecule has 1 aliphatic heterocycles. The van der Waals surface area contributed by atoms with E-state index in [1.807, 2.05) is 25.1 Å². The largest absolute Gasteiger partial charge is 0.329 e. The number of aryl methyl sites for hydroxylation is 1. The minimum absolute atomic E-state index is 0.0879. The highest BCUT2D eigenvalue weighted by molar-refractivity contribution is 7.90. The van der Waals surface area contributed by atoms with E-state index in [1.54, 1.807) is 6.07 Å². The zero-order chi connectivity index (χ0) is 14.6. The molecule has 6 heteroatoms. The van der Waals surface area contributed by atoms with Gasteiger partial charge < -0.3 is 5.73 Å². The Morgan fingerprint density at radius 2 is 2.10 bits per heavy atom. The molecular weight excluding hydrogens is 274 g/mol. The third kappa shape index (κ3) is 3.31. The fourth-order valence-corrected chi connectivity index (χ4v) is 4.20. The van der Waals surface area contributed by atoms with Crippen molar-refractivity contribution < 1.29 is 8.42 Å². The smallest absolute Gasteiger partial charge is 0.301 e. The second kappa shape index (κ2) is 6.56. The molecular formula is C14H23N3O2S. The van der Waals surface area contributed by atoms with Crippen molar-refractivity contribution >= 4 is 15.9 Å². The maximum Gasteiger partial charge on any atom is 0.301 e. The van der Waals surface area contributed by atoms with E-state index in [4.69, 9.17) is 5.73 Å². The van der Waals surface area contributed by atoms with Crippen molar-refractivity contribution in [3.8, 4) is 0 Å². The summed E-state index contributed by atoms with van der Waals surface area (Å²) in [5.41, 5.74) is 7.37. The lowest BCUT2D eigenvalue weighted by Gasteiger charge is -2.34. The number of anilines is 1. The highest BCUT2D eigenvalue weighted by atomic mass is 32.2. The van der Waals surface area contributed by atoms with Gasteiger partial charge in [0.25, 0.3) is 0 Å². The van der Waals surface area contributed by atoms with Crippen LogP contribution in [0.4, 0.5) is 5.69 Å². The molecule has 1 saturated heterocycles. The summed E-state index contributed by atoms with van der Waals surface area (Å²) in [4.78, 5) is 0. The quantitative estimate of drug-likeness (QED) is 0.869. The van der Waals surface area contributed by atoms with E-state index >= 15 is 0 Å². The van der Waals surface area contributed by atoms with E-state index in [1.165, 1.54) is 4.31 Å². The van der Waals surface area contributed by atoms with Gasteiger partial charge in [-0.3, -0.25) is 4.72 Å². The zero-order valence-corrected chi connectivity index (χ0v) is 12.7. The molecule has 1 aromatic rings. The standard InChI is InChI=1S/C14H23N3O2S/c1-2-12-7-3-4-9-14(12)16-20(18,19)17-10-6-5-8-13(17)11-15/h3-4,7,9,13,16H,2,5-6,8,10-11,15H2,1H3. The first-order chi connectivity index (χ1) is 9.58. The van der Waals surface area contributed by atoms with E-state index in [-0.39, 0.29) is 6.04 Å². The molecule has 112 valence electrons. The first-order valence-corrected chi connectivity index (χ1v) is 8.60. The first kappa shape index (κ1) is 15.3. The highest BCUT2D eigenvalue weighted by Gasteiger charge is 2.31. The van der Waals surface area contributed by atoms with Gasteiger partial charge in [-0.2, -0.15) is 12.7 Å². The monoisotopic (exact) mass is 297 g/mol. The molecule has 0 bridgehead atoms. The summed E-state index contributed by atoms with van der Waals surface area (Å²) in [5.74, 6) is 0. The average Bonchev–Trinajstić information content (AvgIpc) is 2.47. The summed E-state index contributed by atoms with van der Waals surface area (Å²) < 4.78 is 29.3. The summed E-state index contributed by atoms with van der Waals surface area (Å²) in [6.45, 7) is 2.93. The molecule has 1 aliphatic rings. The SMILES string of the molecule is CCc1ccccc1NS(=O)(=O)N1CCCCC1CN. The number of nitrogens with one attached hydrogen (secondary N) is 1. The van der Waals surface area contributed by atoms with Gasteiger partial charge in [0.05, 0.1) is 5.69 Å². The van der Waals surface area contributed by atoms with Crippen molar-refractivity contribution in [1.29, 1.82) is 0 Å². The third-order valence-electron chi connectivity index (χ3n) is 3.79. The van der Waals surface area contributed by atoms with Crippen molar-refractivity contribution in [2.24, 2.45) is 5.73 Å². The Hall–Kier alpha value is -1.11. The normalized spacial score (nSPS) is 20.8. The lowest BCUT2D eigenvalue weighted by Crippen LogP contribution is -2.49. The van der Waals surface area contributed by atoms with E-state index in [9.17, 15) is 8.42 Å². The van der Waals surface area contributed by atoms with Gasteiger partial charge in [0, 0.05) is 19.1 Å². The lowest BCUT2D eigenvalue weighted by molar-refractivity contribution is 0.259. The molecule has 1 unspecified atom stereocenters. The number of nitrogens with zero attached hydrogens (tertiary/aromatic N) is 1. The Labute approximate surface area is 121 Å². The summed E-state index contributed by atoms with van der Waals surface area (Å²) in [6, 6.07) is 7.41. The Bertz CT molecular complexity index is 545. The van der Waals surface area contributed by atoms with Crippen molar-refractivity contribution in [2.45, 2.75) is 38.6 Å². The molecule has 0 amide bonds. The molecule has 3 N–H and O–H groups in total. The number of hydrogen-bond acceptors (Lipinski definition) is 3. The van der Waals surface area contributed by atoms with Crippen molar-refractivity contribution in [3.05, 3.63) is 29.8 Å². The number of nitrogens with two attached hydrogens (primary N) is 1. The Kier molecular flexibility index (Phi) is 5.01. The second-order valence-electron chi connectivity index (χ2n) is 5.11. The van der Waals surface area contributed by atoms with Crippen LogP contribution in [0.25, 0.3) is 0 Å². The number of rotatable bonds is 5. The summed E-state index contributed by atoms with van der Waals surface area (Å²) in [5, 5.41) is 0. The van der Waals surface area contributed by atoms with Gasteiger partial charge in [0.2, 0.25) is 0 Å². The van der Waals surface area contributed by atoms with Crippen LogP contribution in [0, 0.1) is 0 Å². The number of para-hydroxylation sites is 1. The van der Waals surface area contributed by atoms with Crippen LogP contribution >= 0.6 is 0 Å². The van der Waals surface area contributed by atoms with E-state index in [0.717, 1.165) is 31.2 Å². The lowest BCUT2D eigenvalue weighted by atomic mass is 10.1. The van der Waals surface area contributed by atoms with Gasteiger partial charge in [0.15, 0.2) is 0 Å². The molecule has 0 radical (unpaired) electrons. The fourth-order valence-electron chi connectivity index (χ4n) is 2.65. The molecule has 0 aromatic heterocycles. The van der Waals surface area contributed by atoms with E-state index in [2.05, 4.69) is 4.72 Å². The summed E-state index contributed by atoms with van der Waals surface area (Å²) in [6.07, 6.45) is 3.57. The van der Waals surface area contributed by atoms with Gasteiger partial charge >= 0.3 is 10.2 Å². The van der Waals surface area contributed by atoms with Gasteiger partial charge in [-0.15, -0.1) is 0 Å². The van der Waals surface area contributed by atoms with Crippen LogP contribution in [0.1, 0.15) is 31.7 Å². The van der Waals surface area contributed by atoms with Crippen LogP contribution in [-0.4, -0.2) is 31.9 Å². The molecule has 0 aliphatic carbocycles. The number of hydrogen-bond donors (Lipinski definition) is 2. The van der Waals surface area contributed by atoms with Crippen molar-refractivity contribution in [2.75, 3.05) is 17.8 Å². The Morgan fingerprint density at radius 3 is 2.80 bits per heavy atom. The predicted molar refractivity (Wildman–Crippen MR) is 81.8 cm³/mol. The highest BCUT2D eigenvalue weighted by Crippen LogP contribution is 2.23. The van der Waals surface area contributed by atoms with Crippen molar-refractivity contribution in [1.82, 2.24) is 4.31 Å². The average molecular weight is 297 g/mol. The fraction of sp³-hybridized carbons (Fsp3) is 0.571. The molecule has 1 fully saturated rings. The maximum absolute atomic E-state index is 12.6. The minimum atomic E-state index is -3.53.